The molecule has 0 aromatic heterocycles. The van der Waals surface area contributed by atoms with Crippen molar-refractivity contribution in [3.05, 3.63) is 0 Å². The maximum absolute atomic E-state index is 12.3. The third-order valence-electron chi connectivity index (χ3n) is 1.98. The van der Waals surface area contributed by atoms with Gasteiger partial charge in [-0.2, -0.15) is 13.2 Å². The standard InChI is InChI=1S/C10H17F3N2O3/c1-6(2)4-15(5-10(11,12)13)9(18)7(14)3-8(16)17/h6-7H,3-5,14H2,1-2H3,(H,16,17). The lowest BCUT2D eigenvalue weighted by molar-refractivity contribution is -0.163. The van der Waals surface area contributed by atoms with Gasteiger partial charge in [-0.05, 0) is 5.92 Å². The van der Waals surface area contributed by atoms with Crippen LogP contribution in [0.2, 0.25) is 0 Å². The molecule has 8 heteroatoms. The summed E-state index contributed by atoms with van der Waals surface area (Å²) < 4.78 is 36.9. The number of carbonyl (C=O) groups is 2. The summed E-state index contributed by atoms with van der Waals surface area (Å²) in [6, 6.07) is -1.46. The van der Waals surface area contributed by atoms with Crippen LogP contribution in [0, 0.1) is 5.92 Å². The average molecular weight is 270 g/mol. The Hall–Kier alpha value is -1.31. The van der Waals surface area contributed by atoms with Crippen LogP contribution in [0.15, 0.2) is 0 Å². The van der Waals surface area contributed by atoms with Gasteiger partial charge in [0, 0.05) is 6.54 Å². The van der Waals surface area contributed by atoms with Gasteiger partial charge in [0.1, 0.15) is 6.54 Å². The highest BCUT2D eigenvalue weighted by Crippen LogP contribution is 2.18. The van der Waals surface area contributed by atoms with Gasteiger partial charge in [-0.15, -0.1) is 0 Å². The molecule has 5 nitrogen and oxygen atoms in total. The molecule has 0 rings (SSSR count). The molecule has 1 amide bonds. The summed E-state index contributed by atoms with van der Waals surface area (Å²) in [5.74, 6) is -2.50. The fourth-order valence-corrected chi connectivity index (χ4v) is 1.40. The maximum atomic E-state index is 12.3. The van der Waals surface area contributed by atoms with Crippen molar-refractivity contribution in [2.45, 2.75) is 32.5 Å². The monoisotopic (exact) mass is 270 g/mol. The number of carbonyl (C=O) groups excluding carboxylic acids is 1. The van der Waals surface area contributed by atoms with Crippen LogP contribution in [0.1, 0.15) is 20.3 Å². The molecule has 0 heterocycles. The van der Waals surface area contributed by atoms with Gasteiger partial charge in [0.25, 0.3) is 0 Å². The lowest BCUT2D eigenvalue weighted by Gasteiger charge is -2.27. The van der Waals surface area contributed by atoms with E-state index in [1.165, 1.54) is 0 Å². The summed E-state index contributed by atoms with van der Waals surface area (Å²) in [4.78, 5) is 22.6. The highest BCUT2D eigenvalue weighted by Gasteiger charge is 2.35. The summed E-state index contributed by atoms with van der Waals surface area (Å²) in [6.45, 7) is 1.77. The molecule has 0 bridgehead atoms. The van der Waals surface area contributed by atoms with Gasteiger partial charge in [-0.25, -0.2) is 0 Å². The van der Waals surface area contributed by atoms with Crippen molar-refractivity contribution in [2.75, 3.05) is 13.1 Å². The molecule has 18 heavy (non-hydrogen) atoms. The molecule has 0 aromatic carbocycles. The zero-order valence-corrected chi connectivity index (χ0v) is 10.2. The van der Waals surface area contributed by atoms with Crippen LogP contribution >= 0.6 is 0 Å². The van der Waals surface area contributed by atoms with E-state index in [2.05, 4.69) is 0 Å². The number of nitrogens with two attached hydrogens (primary N) is 1. The number of halogens is 3. The Morgan fingerprint density at radius 1 is 1.33 bits per heavy atom. The van der Waals surface area contributed by atoms with Crippen molar-refractivity contribution in [1.82, 2.24) is 4.90 Å². The van der Waals surface area contributed by atoms with E-state index in [4.69, 9.17) is 10.8 Å². The van der Waals surface area contributed by atoms with Crippen molar-refractivity contribution in [1.29, 1.82) is 0 Å². The van der Waals surface area contributed by atoms with E-state index in [1.807, 2.05) is 0 Å². The molecule has 0 aliphatic heterocycles. The van der Waals surface area contributed by atoms with E-state index in [-0.39, 0.29) is 12.5 Å². The molecule has 0 radical (unpaired) electrons. The molecule has 0 saturated carbocycles. The third kappa shape index (κ3) is 7.10. The Balaban J connectivity index is 4.73. The molecule has 0 aliphatic rings. The second kappa shape index (κ2) is 6.58. The summed E-state index contributed by atoms with van der Waals surface area (Å²) >= 11 is 0. The normalized spacial score (nSPS) is 13.5. The van der Waals surface area contributed by atoms with Crippen LogP contribution < -0.4 is 5.73 Å². The number of carboxylic acids is 1. The van der Waals surface area contributed by atoms with E-state index in [0.29, 0.717) is 4.90 Å². The van der Waals surface area contributed by atoms with E-state index in [9.17, 15) is 22.8 Å². The lowest BCUT2D eigenvalue weighted by atomic mass is 10.1. The zero-order valence-electron chi connectivity index (χ0n) is 10.2. The molecule has 0 spiro atoms. The van der Waals surface area contributed by atoms with Gasteiger partial charge in [0.2, 0.25) is 5.91 Å². The Morgan fingerprint density at radius 2 is 1.83 bits per heavy atom. The quantitative estimate of drug-likeness (QED) is 0.749. The summed E-state index contributed by atoms with van der Waals surface area (Å²) in [5.41, 5.74) is 5.27. The molecule has 0 aliphatic carbocycles. The number of carboxylic acid groups (broad SMARTS) is 1. The Morgan fingerprint density at radius 3 is 2.17 bits per heavy atom. The van der Waals surface area contributed by atoms with Crippen molar-refractivity contribution in [3.8, 4) is 0 Å². The van der Waals surface area contributed by atoms with Crippen LogP contribution in [-0.4, -0.2) is 47.2 Å². The number of hydrogen-bond donors (Lipinski definition) is 2. The van der Waals surface area contributed by atoms with Crippen LogP contribution in [0.25, 0.3) is 0 Å². The van der Waals surface area contributed by atoms with Crippen LogP contribution in [0.3, 0.4) is 0 Å². The molecule has 1 atom stereocenters. The first-order valence-electron chi connectivity index (χ1n) is 5.36. The molecule has 0 fully saturated rings. The molecule has 1 unspecified atom stereocenters. The van der Waals surface area contributed by atoms with E-state index >= 15 is 0 Å². The van der Waals surface area contributed by atoms with Crippen molar-refractivity contribution < 1.29 is 27.9 Å². The average Bonchev–Trinajstić information content (AvgIpc) is 2.11. The highest BCUT2D eigenvalue weighted by molar-refractivity contribution is 5.86. The van der Waals surface area contributed by atoms with Crippen molar-refractivity contribution >= 4 is 11.9 Å². The highest BCUT2D eigenvalue weighted by atomic mass is 19.4. The zero-order chi connectivity index (χ0) is 14.5. The number of rotatable bonds is 6. The minimum atomic E-state index is -4.53. The van der Waals surface area contributed by atoms with Crippen molar-refractivity contribution in [2.24, 2.45) is 11.7 Å². The molecule has 106 valence electrons. The molecular formula is C10H17F3N2O3. The van der Waals surface area contributed by atoms with E-state index in [0.717, 1.165) is 0 Å². The number of alkyl halides is 3. The van der Waals surface area contributed by atoms with Crippen LogP contribution in [0.4, 0.5) is 13.2 Å². The van der Waals surface area contributed by atoms with E-state index in [1.54, 1.807) is 13.8 Å². The second-order valence-electron chi connectivity index (χ2n) is 4.43. The van der Waals surface area contributed by atoms with E-state index < -0.39 is 37.1 Å². The Labute approximate surface area is 103 Å². The van der Waals surface area contributed by atoms with Crippen LogP contribution in [0.5, 0.6) is 0 Å². The predicted molar refractivity (Wildman–Crippen MR) is 57.7 cm³/mol. The first-order chi connectivity index (χ1) is 8.03. The molecule has 3 N–H and O–H groups in total. The van der Waals surface area contributed by atoms with Gasteiger partial charge >= 0.3 is 12.1 Å². The largest absolute Gasteiger partial charge is 0.481 e. The minimum absolute atomic E-state index is 0.119. The van der Waals surface area contributed by atoms with Gasteiger partial charge in [-0.3, -0.25) is 9.59 Å². The summed E-state index contributed by atoms with van der Waals surface area (Å²) in [7, 11) is 0. The van der Waals surface area contributed by atoms with Crippen LogP contribution in [-0.2, 0) is 9.59 Å². The smallest absolute Gasteiger partial charge is 0.406 e. The summed E-state index contributed by atoms with van der Waals surface area (Å²) in [6.07, 6.45) is -5.22. The SMILES string of the molecule is CC(C)CN(CC(F)(F)F)C(=O)C(N)CC(=O)O. The number of nitrogens with zero attached hydrogens (tertiary/aromatic N) is 1. The Kier molecular flexibility index (Phi) is 6.10. The molecule has 0 saturated heterocycles. The lowest BCUT2D eigenvalue weighted by Crippen LogP contribution is -2.49. The van der Waals surface area contributed by atoms with Gasteiger partial charge in [0.05, 0.1) is 12.5 Å². The van der Waals surface area contributed by atoms with Crippen molar-refractivity contribution in [3.63, 3.8) is 0 Å². The second-order valence-corrected chi connectivity index (χ2v) is 4.43. The number of hydrogen-bond acceptors (Lipinski definition) is 3. The fourth-order valence-electron chi connectivity index (χ4n) is 1.40. The summed E-state index contributed by atoms with van der Waals surface area (Å²) in [5, 5.41) is 8.46. The predicted octanol–water partition coefficient (Wildman–Crippen LogP) is 0.835. The minimum Gasteiger partial charge on any atom is -0.481 e. The van der Waals surface area contributed by atoms with Gasteiger partial charge in [0.15, 0.2) is 0 Å². The Bertz CT molecular complexity index is 305. The topological polar surface area (TPSA) is 83.6 Å². The maximum Gasteiger partial charge on any atom is 0.406 e. The number of aliphatic carboxylic acids is 1. The fraction of sp³-hybridized carbons (Fsp3) is 0.800. The first-order valence-corrected chi connectivity index (χ1v) is 5.36. The third-order valence-corrected chi connectivity index (χ3v) is 1.98. The molecular weight excluding hydrogens is 253 g/mol. The first kappa shape index (κ1) is 16.7. The van der Waals surface area contributed by atoms with Gasteiger partial charge < -0.3 is 15.7 Å². The van der Waals surface area contributed by atoms with Gasteiger partial charge in [-0.1, -0.05) is 13.8 Å². The molecule has 0 aromatic rings. The number of amides is 1.